The number of phenolic OH excluding ortho intramolecular Hbond substituents is 2. The number of Topliss-reactive ketones (excluding diaryl/α,β-unsaturated/α-hetero) is 1. The summed E-state index contributed by atoms with van der Waals surface area (Å²) >= 11 is 6.14. The monoisotopic (exact) mass is 1030 g/mol. The number of hydrogen-bond donors (Lipinski definition) is 7. The van der Waals surface area contributed by atoms with Gasteiger partial charge in [-0.05, 0) is 116 Å². The molecular weight excluding hydrogens is 952 g/mol. The summed E-state index contributed by atoms with van der Waals surface area (Å²) in [6.45, 7) is 23.7. The third kappa shape index (κ3) is 14.7. The van der Waals surface area contributed by atoms with Crippen LogP contribution in [0.4, 0.5) is 0 Å². The van der Waals surface area contributed by atoms with Crippen molar-refractivity contribution in [2.24, 2.45) is 23.7 Å². The van der Waals surface area contributed by atoms with Crippen LogP contribution < -0.4 is 0 Å². The number of carbonyl (C=O) groups excluding carboxylic acids is 3. The molecule has 1 aromatic carbocycles. The molecule has 17 heteroatoms. The first-order chi connectivity index (χ1) is 33.5. The van der Waals surface area contributed by atoms with Crippen LogP contribution in [0.25, 0.3) is 0 Å². The summed E-state index contributed by atoms with van der Waals surface area (Å²) in [5.74, 6) is -5.01. The number of aliphatic hydroxyl groups is 5. The third-order valence-electron chi connectivity index (χ3n) is 14.2. The number of ether oxygens (including phenoxy) is 6. The summed E-state index contributed by atoms with van der Waals surface area (Å²) in [4.78, 5) is 40.4. The SMILES string of the molecule is CCc1c(C)c(O)c(Cl)c(O)c1C(=O)OC1C(C)OC(OC/C2=C\C=C\CC(O)/C(C)=C/C(CC)C(OC3OC(C)(C)C(OC(=O)C(C)C)C(O)C3O)/C(C)=C/C(C)=C/CC(C(C)(C)O)CC2=O)C(C)C1O. The molecule has 2 saturated heterocycles. The maximum Gasteiger partial charge on any atom is 0.342 e. The molecule has 13 unspecified atom stereocenters. The van der Waals surface area contributed by atoms with Gasteiger partial charge in [0.1, 0.15) is 40.2 Å². The van der Waals surface area contributed by atoms with Crippen molar-refractivity contribution in [3.63, 3.8) is 0 Å². The van der Waals surface area contributed by atoms with Crippen LogP contribution >= 0.6 is 11.6 Å². The summed E-state index contributed by atoms with van der Waals surface area (Å²) < 4.78 is 36.6. The smallest absolute Gasteiger partial charge is 0.342 e. The van der Waals surface area contributed by atoms with E-state index in [1.807, 2.05) is 39.0 Å². The Kier molecular flexibility index (Phi) is 21.5. The summed E-state index contributed by atoms with van der Waals surface area (Å²) in [6.07, 6.45) is 0.1000. The lowest BCUT2D eigenvalue weighted by molar-refractivity contribution is -0.333. The summed E-state index contributed by atoms with van der Waals surface area (Å²) in [6, 6.07) is 0. The number of aromatic hydroxyl groups is 2. The predicted molar refractivity (Wildman–Crippen MR) is 271 cm³/mol. The summed E-state index contributed by atoms with van der Waals surface area (Å²) in [5, 5.41) is 77.8. The van der Waals surface area contributed by atoms with Crippen molar-refractivity contribution in [2.45, 2.75) is 202 Å². The van der Waals surface area contributed by atoms with Gasteiger partial charge in [-0.25, -0.2) is 4.79 Å². The van der Waals surface area contributed by atoms with Crippen molar-refractivity contribution < 1.29 is 78.6 Å². The largest absolute Gasteiger partial charge is 0.506 e. The van der Waals surface area contributed by atoms with Gasteiger partial charge in [-0.3, -0.25) is 9.59 Å². The van der Waals surface area contributed by atoms with Crippen molar-refractivity contribution in [2.75, 3.05) is 6.61 Å². The van der Waals surface area contributed by atoms with E-state index in [1.54, 1.807) is 94.4 Å². The maximum absolute atomic E-state index is 14.3. The van der Waals surface area contributed by atoms with E-state index in [0.29, 0.717) is 29.5 Å². The summed E-state index contributed by atoms with van der Waals surface area (Å²) in [7, 11) is 0. The van der Waals surface area contributed by atoms with Crippen molar-refractivity contribution in [3.8, 4) is 11.5 Å². The van der Waals surface area contributed by atoms with Crippen molar-refractivity contribution >= 4 is 29.3 Å². The number of aliphatic hydroxyl groups excluding tert-OH is 4. The van der Waals surface area contributed by atoms with Gasteiger partial charge in [0.25, 0.3) is 0 Å². The van der Waals surface area contributed by atoms with E-state index >= 15 is 0 Å². The van der Waals surface area contributed by atoms with Crippen LogP contribution in [0.2, 0.25) is 5.02 Å². The number of benzene rings is 1. The zero-order chi connectivity index (χ0) is 54.3. The zero-order valence-electron chi connectivity index (χ0n) is 44.5. The average molecular weight is 1030 g/mol. The van der Waals surface area contributed by atoms with Gasteiger partial charge in [-0.1, -0.05) is 88.2 Å². The molecule has 1 aliphatic carbocycles. The van der Waals surface area contributed by atoms with Crippen LogP contribution in [0, 0.1) is 30.6 Å². The Hall–Kier alpha value is -3.94. The molecule has 7 N–H and O–H groups in total. The first-order valence-corrected chi connectivity index (χ1v) is 25.5. The molecule has 0 amide bonds. The van der Waals surface area contributed by atoms with Crippen molar-refractivity contribution in [1.82, 2.24) is 0 Å². The van der Waals surface area contributed by atoms with Crippen LogP contribution in [0.15, 0.2) is 58.7 Å². The first-order valence-electron chi connectivity index (χ1n) is 25.1. The van der Waals surface area contributed by atoms with Gasteiger partial charge in [0, 0.05) is 23.8 Å². The summed E-state index contributed by atoms with van der Waals surface area (Å²) in [5.41, 5.74) is 0.250. The number of hydrogen-bond acceptors (Lipinski definition) is 16. The quantitative estimate of drug-likeness (QED) is 0.0788. The molecule has 0 radical (unpaired) electrons. The lowest BCUT2D eigenvalue weighted by atomic mass is 9.82. The maximum atomic E-state index is 14.3. The normalized spacial score (nSPS) is 34.7. The molecule has 3 aliphatic rings. The van der Waals surface area contributed by atoms with Crippen LogP contribution in [-0.4, -0.2) is 133 Å². The molecular formula is C55H81ClO16. The molecule has 1 aromatic rings. The number of esters is 2. The topological polar surface area (TPSA) is 248 Å². The molecule has 404 valence electrons. The fourth-order valence-electron chi connectivity index (χ4n) is 9.31. The standard InChI is InChI=1S/C55H81ClO16/c1-15-34-24-29(6)38(57)20-18-17-19-35(26-67-52-32(9)43(60)48(33(10)68-52)69-51(65)40-37(16-2)31(8)42(59)41(56)44(40)61)39(58)25-36(54(11,12)66)22-21-28(5)23-30(7)47(34)70-53-46(63)45(62)49(55(13,14)72-53)71-50(64)27(3)4/h17-19,21,23-24,27,32-34,36,38,43,45-49,52-53,57,59-63,66H,15-16,20,22,25-26H2,1-14H3/b18-17+,28-21+,29-24+,30-23+,35-19+. The van der Waals surface area contributed by atoms with Gasteiger partial charge in [-0.2, -0.15) is 0 Å². The highest BCUT2D eigenvalue weighted by Gasteiger charge is 2.53. The average Bonchev–Trinajstić information content (AvgIpc) is 3.30. The Labute approximate surface area is 430 Å². The van der Waals surface area contributed by atoms with Gasteiger partial charge in [0.2, 0.25) is 0 Å². The highest BCUT2D eigenvalue weighted by molar-refractivity contribution is 6.34. The molecule has 13 atom stereocenters. The molecule has 0 bridgehead atoms. The predicted octanol–water partition coefficient (Wildman–Crippen LogP) is 7.56. The molecule has 2 aliphatic heterocycles. The Morgan fingerprint density at radius 3 is 2.18 bits per heavy atom. The van der Waals surface area contributed by atoms with Gasteiger partial charge in [0.05, 0.1) is 36.4 Å². The van der Waals surface area contributed by atoms with Gasteiger partial charge < -0.3 is 64.2 Å². The minimum atomic E-state index is -1.58. The van der Waals surface area contributed by atoms with E-state index < -0.39 is 113 Å². The first kappa shape index (κ1) is 60.6. The Morgan fingerprint density at radius 2 is 1.58 bits per heavy atom. The number of ketones is 1. The molecule has 16 nitrogen and oxygen atoms in total. The lowest BCUT2D eigenvalue weighted by Gasteiger charge is -2.47. The number of halogens is 1. The van der Waals surface area contributed by atoms with Crippen LogP contribution in [0.1, 0.15) is 137 Å². The Morgan fingerprint density at radius 1 is 0.931 bits per heavy atom. The highest BCUT2D eigenvalue weighted by atomic mass is 35.5. The third-order valence-corrected chi connectivity index (χ3v) is 14.6. The Bertz CT molecular complexity index is 2230. The molecule has 0 saturated carbocycles. The highest BCUT2D eigenvalue weighted by Crippen LogP contribution is 2.43. The molecule has 4 rings (SSSR count). The molecule has 72 heavy (non-hydrogen) atoms. The van der Waals surface area contributed by atoms with E-state index in [1.165, 1.54) is 0 Å². The second kappa shape index (κ2) is 25.5. The van der Waals surface area contributed by atoms with E-state index in [-0.39, 0.29) is 54.5 Å². The second-order valence-electron chi connectivity index (χ2n) is 21.1. The molecule has 0 aromatic heterocycles. The number of carbonyl (C=O) groups is 3. The van der Waals surface area contributed by atoms with E-state index in [9.17, 15) is 50.1 Å². The molecule has 2 heterocycles. The van der Waals surface area contributed by atoms with Crippen LogP contribution in [0.5, 0.6) is 11.5 Å². The minimum absolute atomic E-state index is 0.0822. The zero-order valence-corrected chi connectivity index (χ0v) is 45.2. The van der Waals surface area contributed by atoms with Crippen LogP contribution in [-0.2, 0) is 44.4 Å². The second-order valence-corrected chi connectivity index (χ2v) is 21.5. The fraction of sp³-hybridized carbons (Fsp3) is 0.655. The number of allylic oxidation sites excluding steroid dienone is 5. The van der Waals surface area contributed by atoms with Crippen molar-refractivity contribution in [3.05, 3.63) is 80.5 Å². The van der Waals surface area contributed by atoms with Gasteiger partial charge in [0.15, 0.2) is 36.3 Å². The number of rotatable bonds is 12. The molecule has 2 fully saturated rings. The van der Waals surface area contributed by atoms with Gasteiger partial charge in [-0.15, -0.1) is 0 Å². The van der Waals surface area contributed by atoms with Crippen molar-refractivity contribution in [1.29, 1.82) is 0 Å². The molecule has 0 spiro atoms. The fourth-order valence-corrected chi connectivity index (χ4v) is 9.55. The van der Waals surface area contributed by atoms with E-state index in [2.05, 4.69) is 0 Å². The van der Waals surface area contributed by atoms with E-state index in [4.69, 9.17) is 40.0 Å². The van der Waals surface area contributed by atoms with Gasteiger partial charge >= 0.3 is 11.9 Å². The van der Waals surface area contributed by atoms with E-state index in [0.717, 1.165) is 11.1 Å². The minimum Gasteiger partial charge on any atom is -0.506 e. The van der Waals surface area contributed by atoms with Crippen LogP contribution in [0.3, 0.4) is 0 Å². The lowest BCUT2D eigenvalue weighted by Crippen LogP contribution is -2.64. The number of phenols is 2. The Balaban J connectivity index is 1.61.